The molecule has 0 aromatic carbocycles. The van der Waals surface area contributed by atoms with Gasteiger partial charge in [0.2, 0.25) is 0 Å². The van der Waals surface area contributed by atoms with Gasteiger partial charge in [-0.15, -0.1) is 0 Å². The number of hydrogen-bond donors (Lipinski definition) is 0. The van der Waals surface area contributed by atoms with E-state index in [2.05, 4.69) is 29.0 Å². The number of likely N-dealkylation sites (N-methyl/N-ethyl adjacent to an activating group) is 1. The van der Waals surface area contributed by atoms with Crippen molar-refractivity contribution in [2.45, 2.75) is 31.8 Å². The third-order valence-electron chi connectivity index (χ3n) is 5.50. The van der Waals surface area contributed by atoms with Crippen molar-refractivity contribution in [3.63, 3.8) is 0 Å². The van der Waals surface area contributed by atoms with Gasteiger partial charge in [-0.25, -0.2) is 0 Å². The lowest BCUT2D eigenvalue weighted by Crippen LogP contribution is -2.65. The molecule has 0 radical (unpaired) electrons. The first-order valence-electron chi connectivity index (χ1n) is 8.37. The van der Waals surface area contributed by atoms with E-state index < -0.39 is 0 Å². The molecule has 0 N–H and O–H groups in total. The normalized spacial score (nSPS) is 22.7. The van der Waals surface area contributed by atoms with Gasteiger partial charge in [-0.3, -0.25) is 14.4 Å². The van der Waals surface area contributed by atoms with Crippen LogP contribution in [0.15, 0.2) is 6.20 Å². The van der Waals surface area contributed by atoms with Crippen molar-refractivity contribution in [3.8, 4) is 0 Å². The van der Waals surface area contributed by atoms with Crippen molar-refractivity contribution in [1.29, 1.82) is 0 Å². The summed E-state index contributed by atoms with van der Waals surface area (Å²) in [7, 11) is 4.36. The van der Waals surface area contributed by atoms with Crippen LogP contribution in [0.2, 0.25) is 5.02 Å². The van der Waals surface area contributed by atoms with E-state index in [0.29, 0.717) is 17.3 Å². The summed E-state index contributed by atoms with van der Waals surface area (Å²) in [5.41, 5.74) is 0.631. The molecule has 0 aliphatic carbocycles. The minimum Gasteiger partial charge on any atom is -0.334 e. The second-order valence-electron chi connectivity index (χ2n) is 6.83. The van der Waals surface area contributed by atoms with E-state index in [4.69, 9.17) is 11.6 Å². The van der Waals surface area contributed by atoms with Gasteiger partial charge in [0.25, 0.3) is 5.91 Å². The third kappa shape index (κ3) is 2.99. The maximum atomic E-state index is 13.0. The lowest BCUT2D eigenvalue weighted by atomic mass is 9.84. The highest BCUT2D eigenvalue weighted by Crippen LogP contribution is 2.32. The van der Waals surface area contributed by atoms with Gasteiger partial charge in [0.1, 0.15) is 5.69 Å². The Labute approximate surface area is 143 Å². The van der Waals surface area contributed by atoms with Crippen LogP contribution in [0, 0.1) is 0 Å². The molecule has 7 heteroatoms. The second kappa shape index (κ2) is 6.42. The van der Waals surface area contributed by atoms with E-state index in [-0.39, 0.29) is 11.4 Å². The number of likely N-dealkylation sites (tertiary alicyclic amines) is 1. The molecule has 1 aromatic rings. The summed E-state index contributed by atoms with van der Waals surface area (Å²) < 4.78 is 1.70. The van der Waals surface area contributed by atoms with E-state index in [1.165, 1.54) is 0 Å². The van der Waals surface area contributed by atoms with Crippen molar-refractivity contribution in [2.24, 2.45) is 0 Å². The summed E-state index contributed by atoms with van der Waals surface area (Å²) in [5, 5.41) is 4.65. The summed E-state index contributed by atoms with van der Waals surface area (Å²) in [5.74, 6) is 0.0146. The molecule has 3 rings (SSSR count). The number of carbonyl (C=O) groups is 1. The van der Waals surface area contributed by atoms with E-state index >= 15 is 0 Å². The monoisotopic (exact) mass is 339 g/mol. The van der Waals surface area contributed by atoms with Gasteiger partial charge in [-0.05, 0) is 47.0 Å². The van der Waals surface area contributed by atoms with Crippen LogP contribution in [-0.4, -0.2) is 82.7 Å². The number of piperidine rings is 1. The number of aromatic nitrogens is 2. The highest BCUT2D eigenvalue weighted by atomic mass is 35.5. The smallest absolute Gasteiger partial charge is 0.273 e. The molecule has 0 unspecified atom stereocenters. The zero-order valence-corrected chi connectivity index (χ0v) is 15.0. The summed E-state index contributed by atoms with van der Waals surface area (Å²) in [4.78, 5) is 19.8. The molecule has 6 nitrogen and oxygen atoms in total. The van der Waals surface area contributed by atoms with Crippen LogP contribution in [0.3, 0.4) is 0 Å². The van der Waals surface area contributed by atoms with Crippen LogP contribution >= 0.6 is 11.6 Å². The molecule has 128 valence electrons. The lowest BCUT2D eigenvalue weighted by molar-refractivity contribution is -0.0174. The lowest BCUT2D eigenvalue weighted by Gasteiger charge is -2.52. The Morgan fingerprint density at radius 3 is 2.61 bits per heavy atom. The highest BCUT2D eigenvalue weighted by Gasteiger charge is 2.43. The molecule has 2 aliphatic rings. The largest absolute Gasteiger partial charge is 0.334 e. The Kier molecular flexibility index (Phi) is 4.67. The summed E-state index contributed by atoms with van der Waals surface area (Å²) in [6.45, 7) is 7.23. The van der Waals surface area contributed by atoms with Crippen LogP contribution in [-0.2, 0) is 6.54 Å². The number of hydrogen-bond acceptors (Lipinski definition) is 4. The molecule has 2 saturated heterocycles. The first kappa shape index (κ1) is 16.7. The van der Waals surface area contributed by atoms with Crippen molar-refractivity contribution in [1.82, 2.24) is 24.5 Å². The van der Waals surface area contributed by atoms with Crippen LogP contribution in [0.5, 0.6) is 0 Å². The maximum absolute atomic E-state index is 13.0. The number of piperazine rings is 1. The number of carbonyl (C=O) groups excluding carboxylic acids is 1. The maximum Gasteiger partial charge on any atom is 0.273 e. The van der Waals surface area contributed by atoms with Crippen LogP contribution in [0.25, 0.3) is 0 Å². The molecule has 1 aromatic heterocycles. The van der Waals surface area contributed by atoms with Crippen molar-refractivity contribution >= 4 is 17.5 Å². The Morgan fingerprint density at radius 1 is 1.26 bits per heavy atom. The minimum absolute atomic E-state index is 0.0146. The van der Waals surface area contributed by atoms with Gasteiger partial charge >= 0.3 is 0 Å². The molecule has 2 aliphatic heterocycles. The standard InChI is InChI=1S/C16H26ClN5O/c1-4-22-14(13(17)11-18-22)15(23)21-10-9-20(3)16(12-21)5-7-19(2)8-6-16/h11H,4-10,12H2,1-3H3. The third-order valence-corrected chi connectivity index (χ3v) is 5.78. The molecule has 23 heavy (non-hydrogen) atoms. The van der Waals surface area contributed by atoms with Crippen molar-refractivity contribution in [3.05, 3.63) is 16.9 Å². The predicted octanol–water partition coefficient (Wildman–Crippen LogP) is 1.41. The van der Waals surface area contributed by atoms with E-state index in [0.717, 1.165) is 45.6 Å². The van der Waals surface area contributed by atoms with Crippen molar-refractivity contribution < 1.29 is 4.79 Å². The molecule has 0 saturated carbocycles. The number of nitrogens with zero attached hydrogens (tertiary/aromatic N) is 5. The van der Waals surface area contributed by atoms with Gasteiger partial charge in [0.15, 0.2) is 0 Å². The quantitative estimate of drug-likeness (QED) is 0.817. The second-order valence-corrected chi connectivity index (χ2v) is 7.24. The molecular formula is C16H26ClN5O. The molecule has 2 fully saturated rings. The van der Waals surface area contributed by atoms with Gasteiger partial charge in [0, 0.05) is 31.7 Å². The zero-order valence-electron chi connectivity index (χ0n) is 14.3. The fraction of sp³-hybridized carbons (Fsp3) is 0.750. The van der Waals surface area contributed by atoms with Crippen LogP contribution in [0.4, 0.5) is 0 Å². The average molecular weight is 340 g/mol. The van der Waals surface area contributed by atoms with Gasteiger partial charge in [-0.2, -0.15) is 5.10 Å². The number of amides is 1. The Balaban J connectivity index is 1.81. The van der Waals surface area contributed by atoms with Gasteiger partial charge < -0.3 is 9.80 Å². The topological polar surface area (TPSA) is 44.6 Å². The number of aryl methyl sites for hydroxylation is 1. The molecule has 1 spiro atoms. The number of halogens is 1. The average Bonchev–Trinajstić information content (AvgIpc) is 2.93. The predicted molar refractivity (Wildman–Crippen MR) is 90.9 cm³/mol. The number of rotatable bonds is 2. The molecular weight excluding hydrogens is 314 g/mol. The minimum atomic E-state index is 0.0146. The first-order valence-corrected chi connectivity index (χ1v) is 8.75. The van der Waals surface area contributed by atoms with Crippen molar-refractivity contribution in [2.75, 3.05) is 46.8 Å². The Morgan fingerprint density at radius 2 is 1.96 bits per heavy atom. The molecule has 3 heterocycles. The van der Waals surface area contributed by atoms with Gasteiger partial charge in [-0.1, -0.05) is 11.6 Å². The van der Waals surface area contributed by atoms with E-state index in [9.17, 15) is 4.79 Å². The zero-order chi connectivity index (χ0) is 16.6. The molecule has 1 amide bonds. The van der Waals surface area contributed by atoms with Gasteiger partial charge in [0.05, 0.1) is 11.2 Å². The van der Waals surface area contributed by atoms with E-state index in [1.54, 1.807) is 10.9 Å². The molecule has 0 bridgehead atoms. The SMILES string of the molecule is CCn1ncc(Cl)c1C(=O)N1CCN(C)C2(CCN(C)CC2)C1. The fourth-order valence-electron chi connectivity index (χ4n) is 3.78. The van der Waals surface area contributed by atoms with E-state index in [1.807, 2.05) is 11.8 Å². The molecule has 0 atom stereocenters. The van der Waals surface area contributed by atoms with Crippen LogP contribution < -0.4 is 0 Å². The Hall–Kier alpha value is -1.11. The summed E-state index contributed by atoms with van der Waals surface area (Å²) in [6, 6.07) is 0. The highest BCUT2D eigenvalue weighted by molar-refractivity contribution is 6.33. The Bertz CT molecular complexity index is 579. The summed E-state index contributed by atoms with van der Waals surface area (Å²) in [6.07, 6.45) is 3.77. The fourth-order valence-corrected chi connectivity index (χ4v) is 4.00. The van der Waals surface area contributed by atoms with Crippen LogP contribution in [0.1, 0.15) is 30.3 Å². The first-order chi connectivity index (χ1) is 11.0. The summed E-state index contributed by atoms with van der Waals surface area (Å²) >= 11 is 6.21.